The van der Waals surface area contributed by atoms with Crippen molar-refractivity contribution in [3.63, 3.8) is 0 Å². The van der Waals surface area contributed by atoms with Crippen LogP contribution in [-0.2, 0) is 14.3 Å². The predicted octanol–water partition coefficient (Wildman–Crippen LogP) is -0.483. The van der Waals surface area contributed by atoms with Crippen LogP contribution in [-0.4, -0.2) is 54.1 Å². The van der Waals surface area contributed by atoms with E-state index in [-0.39, 0.29) is 12.2 Å². The first kappa shape index (κ1) is 8.93. The first-order valence-corrected chi connectivity index (χ1v) is 4.28. The van der Waals surface area contributed by atoms with Crippen LogP contribution in [0.5, 0.6) is 0 Å². The van der Waals surface area contributed by atoms with E-state index < -0.39 is 11.7 Å². The van der Waals surface area contributed by atoms with Crippen LogP contribution in [0.3, 0.4) is 0 Å². The van der Waals surface area contributed by atoms with Crippen molar-refractivity contribution < 1.29 is 19.4 Å². The lowest BCUT2D eigenvalue weighted by molar-refractivity contribution is -0.175. The summed E-state index contributed by atoms with van der Waals surface area (Å²) in [4.78, 5) is 12.6. The SMILES string of the molecule is CN1CC([C@@H]2CO2)OC1(C)C(=O)O. The van der Waals surface area contributed by atoms with E-state index in [0.717, 1.165) is 0 Å². The molecular weight excluding hydrogens is 174 g/mol. The Morgan fingerprint density at radius 1 is 1.62 bits per heavy atom. The quantitative estimate of drug-likeness (QED) is 0.591. The Labute approximate surface area is 76.2 Å². The number of ether oxygens (including phenoxy) is 2. The highest BCUT2D eigenvalue weighted by atomic mass is 16.6. The highest BCUT2D eigenvalue weighted by molar-refractivity contribution is 5.76. The van der Waals surface area contributed by atoms with Gasteiger partial charge in [-0.25, -0.2) is 4.79 Å². The number of carboxylic acids is 1. The van der Waals surface area contributed by atoms with E-state index in [4.69, 9.17) is 14.6 Å². The second-order valence-corrected chi connectivity index (χ2v) is 3.70. The van der Waals surface area contributed by atoms with Crippen LogP contribution in [0.15, 0.2) is 0 Å². The number of likely N-dealkylation sites (N-methyl/N-ethyl adjacent to an activating group) is 1. The summed E-state index contributed by atoms with van der Waals surface area (Å²) in [6, 6.07) is 0. The third kappa shape index (κ3) is 1.33. The molecule has 74 valence electrons. The predicted molar refractivity (Wildman–Crippen MR) is 43.3 cm³/mol. The van der Waals surface area contributed by atoms with Crippen LogP contribution in [0.2, 0.25) is 0 Å². The molecule has 0 amide bonds. The van der Waals surface area contributed by atoms with Crippen LogP contribution >= 0.6 is 0 Å². The van der Waals surface area contributed by atoms with Gasteiger partial charge in [0.05, 0.1) is 6.61 Å². The summed E-state index contributed by atoms with van der Waals surface area (Å²) in [5.41, 5.74) is -1.18. The molecule has 2 fully saturated rings. The third-order valence-corrected chi connectivity index (χ3v) is 2.73. The number of hydrogen-bond acceptors (Lipinski definition) is 4. The molecule has 1 N–H and O–H groups in total. The van der Waals surface area contributed by atoms with Gasteiger partial charge in [-0.05, 0) is 14.0 Å². The Bertz CT molecular complexity index is 240. The van der Waals surface area contributed by atoms with Gasteiger partial charge in [-0.1, -0.05) is 0 Å². The Balaban J connectivity index is 2.09. The molecule has 3 atom stereocenters. The first-order chi connectivity index (χ1) is 6.04. The monoisotopic (exact) mass is 187 g/mol. The van der Waals surface area contributed by atoms with Crippen molar-refractivity contribution in [2.45, 2.75) is 24.9 Å². The van der Waals surface area contributed by atoms with Gasteiger partial charge in [0.2, 0.25) is 5.72 Å². The Morgan fingerprint density at radius 2 is 2.23 bits per heavy atom. The molecule has 2 heterocycles. The van der Waals surface area contributed by atoms with Gasteiger partial charge in [0, 0.05) is 6.54 Å². The number of aliphatic carboxylic acids is 1. The van der Waals surface area contributed by atoms with Crippen LogP contribution in [0.4, 0.5) is 0 Å². The lowest BCUT2D eigenvalue weighted by Crippen LogP contribution is -2.46. The van der Waals surface area contributed by atoms with Crippen molar-refractivity contribution in [3.05, 3.63) is 0 Å². The molecule has 0 radical (unpaired) electrons. The minimum atomic E-state index is -1.18. The van der Waals surface area contributed by atoms with Gasteiger partial charge in [-0.2, -0.15) is 0 Å². The van der Waals surface area contributed by atoms with Crippen molar-refractivity contribution in [3.8, 4) is 0 Å². The summed E-state index contributed by atoms with van der Waals surface area (Å²) in [6.45, 7) is 2.87. The largest absolute Gasteiger partial charge is 0.478 e. The molecule has 5 heteroatoms. The van der Waals surface area contributed by atoms with Crippen LogP contribution in [0, 0.1) is 0 Å². The molecule has 0 spiro atoms. The fourth-order valence-corrected chi connectivity index (χ4v) is 1.54. The zero-order valence-electron chi connectivity index (χ0n) is 7.69. The van der Waals surface area contributed by atoms with Crippen LogP contribution in [0.25, 0.3) is 0 Å². The lowest BCUT2D eigenvalue weighted by atomic mass is 10.2. The molecule has 2 aliphatic rings. The molecule has 13 heavy (non-hydrogen) atoms. The van der Waals surface area contributed by atoms with Crippen LogP contribution in [0.1, 0.15) is 6.92 Å². The summed E-state index contributed by atoms with van der Waals surface area (Å²) in [7, 11) is 1.75. The second-order valence-electron chi connectivity index (χ2n) is 3.70. The Morgan fingerprint density at radius 3 is 2.62 bits per heavy atom. The molecule has 0 aromatic carbocycles. The van der Waals surface area contributed by atoms with Gasteiger partial charge >= 0.3 is 5.97 Å². The zero-order chi connectivity index (χ0) is 9.64. The molecule has 2 saturated heterocycles. The van der Waals surface area contributed by atoms with E-state index in [0.29, 0.717) is 13.2 Å². The van der Waals surface area contributed by atoms with E-state index in [2.05, 4.69) is 0 Å². The summed E-state index contributed by atoms with van der Waals surface area (Å²) in [5, 5.41) is 8.96. The number of nitrogens with zero attached hydrogens (tertiary/aromatic N) is 1. The second kappa shape index (κ2) is 2.67. The fraction of sp³-hybridized carbons (Fsp3) is 0.875. The summed E-state index contributed by atoms with van der Waals surface area (Å²) >= 11 is 0. The molecular formula is C8H13NO4. The standard InChI is InChI=1S/C8H13NO4/c1-8(7(10)11)9(2)3-5(13-8)6-4-12-6/h5-6H,3-4H2,1-2H3,(H,10,11)/t5?,6-,8?/m0/s1. The summed E-state index contributed by atoms with van der Waals surface area (Å²) in [5.74, 6) is -0.946. The fourth-order valence-electron chi connectivity index (χ4n) is 1.54. The average molecular weight is 187 g/mol. The Hall–Kier alpha value is -0.650. The molecule has 0 aliphatic carbocycles. The van der Waals surface area contributed by atoms with Crippen molar-refractivity contribution >= 4 is 5.97 Å². The normalized spacial score (nSPS) is 45.1. The minimum absolute atomic E-state index is 0.0916. The van der Waals surface area contributed by atoms with Crippen molar-refractivity contribution in [1.82, 2.24) is 4.90 Å². The maximum Gasteiger partial charge on any atom is 0.351 e. The Kier molecular flexibility index (Phi) is 1.83. The summed E-state index contributed by atoms with van der Waals surface area (Å²) in [6.07, 6.45) is 0.00900. The maximum atomic E-state index is 10.9. The smallest absolute Gasteiger partial charge is 0.351 e. The zero-order valence-corrected chi connectivity index (χ0v) is 7.69. The number of epoxide rings is 1. The van der Waals surface area contributed by atoms with Gasteiger partial charge in [0.15, 0.2) is 0 Å². The van der Waals surface area contributed by atoms with Crippen molar-refractivity contribution in [1.29, 1.82) is 0 Å². The molecule has 0 aromatic heterocycles. The van der Waals surface area contributed by atoms with Crippen LogP contribution < -0.4 is 0 Å². The molecule has 0 bridgehead atoms. The molecule has 2 unspecified atom stereocenters. The van der Waals surface area contributed by atoms with Gasteiger partial charge in [-0.15, -0.1) is 0 Å². The van der Waals surface area contributed by atoms with Crippen molar-refractivity contribution in [2.75, 3.05) is 20.2 Å². The van der Waals surface area contributed by atoms with Gasteiger partial charge < -0.3 is 14.6 Å². The number of carbonyl (C=O) groups is 1. The van der Waals surface area contributed by atoms with E-state index in [9.17, 15) is 4.79 Å². The van der Waals surface area contributed by atoms with Gasteiger partial charge in [0.1, 0.15) is 12.2 Å². The lowest BCUT2D eigenvalue weighted by Gasteiger charge is -2.25. The number of rotatable bonds is 2. The number of hydrogen-bond donors (Lipinski definition) is 1. The highest BCUT2D eigenvalue weighted by Crippen LogP contribution is 2.31. The minimum Gasteiger partial charge on any atom is -0.478 e. The topological polar surface area (TPSA) is 62.3 Å². The highest BCUT2D eigenvalue weighted by Gasteiger charge is 2.52. The van der Waals surface area contributed by atoms with E-state index in [1.54, 1.807) is 18.9 Å². The maximum absolute atomic E-state index is 10.9. The van der Waals surface area contributed by atoms with E-state index in [1.807, 2.05) is 0 Å². The van der Waals surface area contributed by atoms with Gasteiger partial charge in [-0.3, -0.25) is 4.90 Å². The van der Waals surface area contributed by atoms with E-state index in [1.165, 1.54) is 0 Å². The first-order valence-electron chi connectivity index (χ1n) is 4.28. The van der Waals surface area contributed by atoms with Crippen molar-refractivity contribution in [2.24, 2.45) is 0 Å². The molecule has 5 nitrogen and oxygen atoms in total. The van der Waals surface area contributed by atoms with Gasteiger partial charge in [0.25, 0.3) is 0 Å². The molecule has 0 aromatic rings. The number of carboxylic acid groups (broad SMARTS) is 1. The third-order valence-electron chi connectivity index (χ3n) is 2.73. The average Bonchev–Trinajstić information content (AvgIpc) is 2.81. The summed E-state index contributed by atoms with van der Waals surface area (Å²) < 4.78 is 10.5. The molecule has 0 saturated carbocycles. The van der Waals surface area contributed by atoms with E-state index >= 15 is 0 Å². The molecule has 2 rings (SSSR count). The molecule has 2 aliphatic heterocycles.